The molecule has 1 atom stereocenters. The Morgan fingerprint density at radius 2 is 2.11 bits per heavy atom. The van der Waals surface area contributed by atoms with Gasteiger partial charge in [0.25, 0.3) is 0 Å². The number of aromatic nitrogens is 3. The molecule has 3 aromatic rings. The van der Waals surface area contributed by atoms with E-state index in [2.05, 4.69) is 62.4 Å². The maximum atomic E-state index is 5.61. The number of ether oxygens (including phenoxy) is 1. The fraction of sp³-hybridized carbons (Fsp3) is 0.389. The highest BCUT2D eigenvalue weighted by Crippen LogP contribution is 2.30. The van der Waals surface area contributed by atoms with E-state index in [1.807, 2.05) is 0 Å². The molecule has 1 aliphatic heterocycles. The molecule has 9 heteroatoms. The van der Waals surface area contributed by atoms with Crippen molar-refractivity contribution in [1.29, 1.82) is 0 Å². The second-order valence-corrected chi connectivity index (χ2v) is 9.37. The van der Waals surface area contributed by atoms with Gasteiger partial charge in [-0.2, -0.15) is 0 Å². The summed E-state index contributed by atoms with van der Waals surface area (Å²) in [5, 5.41) is 19.0. The minimum Gasteiger partial charge on any atom is -0.376 e. The third kappa shape index (κ3) is 5.41. The third-order valence-electron chi connectivity index (χ3n) is 4.11. The number of hydrogen-bond acceptors (Lipinski definition) is 9. The minimum absolute atomic E-state index is 0.305. The second kappa shape index (κ2) is 9.01. The average Bonchev–Trinajstić information content (AvgIpc) is 3.42. The lowest BCUT2D eigenvalue weighted by Crippen LogP contribution is -2.18. The molecule has 6 nitrogen and oxygen atoms in total. The smallest absolute Gasteiger partial charge is 0.206 e. The summed E-state index contributed by atoms with van der Waals surface area (Å²) in [4.78, 5) is 4.65. The van der Waals surface area contributed by atoms with Gasteiger partial charge < -0.3 is 15.4 Å². The standard InChI is InChI=1S/C18H21N5OS3/c1-12-4-6-13(7-5-12)20-17-21-14(10-25-17)11-26-18-23-22-16(27-18)19-9-15-3-2-8-24-15/h4-7,10,15H,2-3,8-9,11H2,1H3,(H,19,22)(H,20,21)/t15-/m1/s1. The van der Waals surface area contributed by atoms with Crippen LogP contribution >= 0.6 is 34.4 Å². The van der Waals surface area contributed by atoms with E-state index in [0.29, 0.717) is 6.10 Å². The molecule has 0 unspecified atom stereocenters. The highest BCUT2D eigenvalue weighted by atomic mass is 32.2. The Hall–Kier alpha value is -1.68. The van der Waals surface area contributed by atoms with Gasteiger partial charge >= 0.3 is 0 Å². The molecule has 1 aromatic carbocycles. The summed E-state index contributed by atoms with van der Waals surface area (Å²) in [7, 11) is 0. The Bertz CT molecular complexity index is 858. The van der Waals surface area contributed by atoms with Gasteiger partial charge in [-0.05, 0) is 31.9 Å². The molecular weight excluding hydrogens is 398 g/mol. The van der Waals surface area contributed by atoms with Crippen LogP contribution in [0.3, 0.4) is 0 Å². The number of rotatable bonds is 8. The maximum Gasteiger partial charge on any atom is 0.206 e. The van der Waals surface area contributed by atoms with Crippen LogP contribution in [0.1, 0.15) is 24.1 Å². The van der Waals surface area contributed by atoms with E-state index in [1.165, 1.54) is 5.56 Å². The Balaban J connectivity index is 1.25. The van der Waals surface area contributed by atoms with Crippen LogP contribution in [0.2, 0.25) is 0 Å². The third-order valence-corrected chi connectivity index (χ3v) is 6.96. The first-order chi connectivity index (χ1) is 13.2. The number of aryl methyl sites for hydroxylation is 1. The Morgan fingerprint density at radius 1 is 1.22 bits per heavy atom. The molecule has 27 heavy (non-hydrogen) atoms. The van der Waals surface area contributed by atoms with E-state index in [0.717, 1.165) is 57.7 Å². The maximum absolute atomic E-state index is 5.61. The van der Waals surface area contributed by atoms with E-state index in [9.17, 15) is 0 Å². The van der Waals surface area contributed by atoms with Gasteiger partial charge in [0.2, 0.25) is 5.13 Å². The van der Waals surface area contributed by atoms with Crippen LogP contribution in [0, 0.1) is 6.92 Å². The lowest BCUT2D eigenvalue weighted by molar-refractivity contribution is 0.120. The summed E-state index contributed by atoms with van der Waals surface area (Å²) >= 11 is 4.86. The highest BCUT2D eigenvalue weighted by molar-refractivity contribution is 8.00. The zero-order valence-electron chi connectivity index (χ0n) is 15.0. The first kappa shape index (κ1) is 18.7. The van der Waals surface area contributed by atoms with Gasteiger partial charge in [0.05, 0.1) is 11.8 Å². The summed E-state index contributed by atoms with van der Waals surface area (Å²) in [6, 6.07) is 8.31. The molecule has 1 saturated heterocycles. The first-order valence-electron chi connectivity index (χ1n) is 8.84. The van der Waals surface area contributed by atoms with Crippen molar-refractivity contribution < 1.29 is 4.74 Å². The lowest BCUT2D eigenvalue weighted by atomic mass is 10.2. The number of anilines is 3. The van der Waals surface area contributed by atoms with Crippen LogP contribution in [0.15, 0.2) is 34.0 Å². The number of benzene rings is 1. The van der Waals surface area contributed by atoms with Crippen molar-refractivity contribution in [2.45, 2.75) is 36.0 Å². The molecule has 4 rings (SSSR count). The topological polar surface area (TPSA) is 72.0 Å². The van der Waals surface area contributed by atoms with E-state index < -0.39 is 0 Å². The van der Waals surface area contributed by atoms with Gasteiger partial charge in [-0.15, -0.1) is 21.5 Å². The molecule has 1 fully saturated rings. The van der Waals surface area contributed by atoms with Crippen molar-refractivity contribution in [3.63, 3.8) is 0 Å². The van der Waals surface area contributed by atoms with Gasteiger partial charge in [0.15, 0.2) is 9.47 Å². The van der Waals surface area contributed by atoms with Crippen LogP contribution in [0.5, 0.6) is 0 Å². The molecule has 0 amide bonds. The minimum atomic E-state index is 0.305. The van der Waals surface area contributed by atoms with E-state index in [1.54, 1.807) is 34.4 Å². The summed E-state index contributed by atoms with van der Waals surface area (Å²) in [5.41, 5.74) is 3.35. The van der Waals surface area contributed by atoms with Crippen molar-refractivity contribution in [2.24, 2.45) is 0 Å². The van der Waals surface area contributed by atoms with Crippen molar-refractivity contribution in [3.8, 4) is 0 Å². The summed E-state index contributed by atoms with van der Waals surface area (Å²) in [5.74, 6) is 0.784. The Labute approximate surface area is 170 Å². The van der Waals surface area contributed by atoms with Crippen LogP contribution in [0.25, 0.3) is 0 Å². The van der Waals surface area contributed by atoms with Crippen molar-refractivity contribution in [3.05, 3.63) is 40.9 Å². The second-order valence-electron chi connectivity index (χ2n) is 6.31. The lowest BCUT2D eigenvalue weighted by Gasteiger charge is -2.08. The first-order valence-corrected chi connectivity index (χ1v) is 11.5. The SMILES string of the molecule is Cc1ccc(Nc2nc(CSc3nnc(NC[C@H]4CCCO4)s3)cs2)cc1. The molecule has 2 N–H and O–H groups in total. The average molecular weight is 420 g/mol. The molecule has 0 radical (unpaired) electrons. The number of nitrogens with zero attached hydrogens (tertiary/aromatic N) is 3. The van der Waals surface area contributed by atoms with Crippen molar-refractivity contribution >= 4 is 50.4 Å². The van der Waals surface area contributed by atoms with E-state index >= 15 is 0 Å². The van der Waals surface area contributed by atoms with Crippen molar-refractivity contribution in [2.75, 3.05) is 23.8 Å². The molecule has 142 valence electrons. The van der Waals surface area contributed by atoms with Gasteiger partial charge in [0, 0.05) is 30.0 Å². The summed E-state index contributed by atoms with van der Waals surface area (Å²) in [6.45, 7) is 3.76. The van der Waals surface area contributed by atoms with E-state index in [4.69, 9.17) is 4.74 Å². The molecule has 3 heterocycles. The molecule has 0 aliphatic carbocycles. The highest BCUT2D eigenvalue weighted by Gasteiger charge is 2.16. The van der Waals surface area contributed by atoms with Crippen LogP contribution < -0.4 is 10.6 Å². The normalized spacial score (nSPS) is 16.6. The van der Waals surface area contributed by atoms with Crippen LogP contribution in [0.4, 0.5) is 16.0 Å². The number of hydrogen-bond donors (Lipinski definition) is 2. The predicted molar refractivity (Wildman–Crippen MR) is 114 cm³/mol. The van der Waals surface area contributed by atoms with E-state index in [-0.39, 0.29) is 0 Å². The molecular formula is C18H21N5OS3. The fourth-order valence-electron chi connectivity index (χ4n) is 2.67. The quantitative estimate of drug-likeness (QED) is 0.502. The van der Waals surface area contributed by atoms with Gasteiger partial charge in [-0.1, -0.05) is 40.8 Å². The Morgan fingerprint density at radius 3 is 2.93 bits per heavy atom. The zero-order valence-corrected chi connectivity index (χ0v) is 17.4. The zero-order chi connectivity index (χ0) is 18.5. The fourth-order valence-corrected chi connectivity index (χ4v) is 5.16. The summed E-state index contributed by atoms with van der Waals surface area (Å²) < 4.78 is 6.56. The molecule has 1 aliphatic rings. The molecule has 2 aromatic heterocycles. The van der Waals surface area contributed by atoms with Crippen molar-refractivity contribution in [1.82, 2.24) is 15.2 Å². The van der Waals surface area contributed by atoms with Crippen LogP contribution in [-0.2, 0) is 10.5 Å². The largest absolute Gasteiger partial charge is 0.376 e. The predicted octanol–water partition coefficient (Wildman–Crippen LogP) is 4.93. The van der Waals surface area contributed by atoms with Gasteiger partial charge in [-0.25, -0.2) is 4.98 Å². The number of thiazole rings is 1. The van der Waals surface area contributed by atoms with Gasteiger partial charge in [0.1, 0.15) is 0 Å². The number of nitrogens with one attached hydrogen (secondary N) is 2. The molecule has 0 bridgehead atoms. The molecule has 0 spiro atoms. The molecule has 0 saturated carbocycles. The number of thioether (sulfide) groups is 1. The van der Waals surface area contributed by atoms with Gasteiger partial charge in [-0.3, -0.25) is 0 Å². The summed E-state index contributed by atoms with van der Waals surface area (Å²) in [6.07, 6.45) is 2.58. The Kier molecular flexibility index (Phi) is 6.23. The monoisotopic (exact) mass is 419 g/mol. The van der Waals surface area contributed by atoms with Crippen LogP contribution in [-0.4, -0.2) is 34.4 Å².